The van der Waals surface area contributed by atoms with E-state index in [0.717, 1.165) is 66.8 Å². The first-order chi connectivity index (χ1) is 30.2. The maximum atomic E-state index is 6.79. The molecule has 61 heavy (non-hydrogen) atoms. The van der Waals surface area contributed by atoms with Gasteiger partial charge in [0.05, 0.1) is 11.0 Å². The lowest BCUT2D eigenvalue weighted by Crippen LogP contribution is -2.10. The molecule has 286 valence electrons. The second-order valence-electron chi connectivity index (χ2n) is 15.7. The molecule has 0 saturated carbocycles. The van der Waals surface area contributed by atoms with Crippen molar-refractivity contribution in [3.8, 4) is 39.1 Å². The molecule has 0 bridgehead atoms. The zero-order chi connectivity index (χ0) is 40.3. The third-order valence-electron chi connectivity index (χ3n) is 12.2. The van der Waals surface area contributed by atoms with Crippen molar-refractivity contribution in [1.82, 2.24) is 4.57 Å². The molecule has 3 heteroatoms. The Kier molecular flexibility index (Phi) is 8.17. The monoisotopic (exact) mass is 778 g/mol. The highest BCUT2D eigenvalue weighted by atomic mass is 16.3. The van der Waals surface area contributed by atoms with Crippen molar-refractivity contribution in [3.63, 3.8) is 0 Å². The van der Waals surface area contributed by atoms with Gasteiger partial charge >= 0.3 is 0 Å². The van der Waals surface area contributed by atoms with Gasteiger partial charge in [0.1, 0.15) is 11.2 Å². The van der Waals surface area contributed by atoms with Crippen molar-refractivity contribution >= 4 is 71.6 Å². The lowest BCUT2D eigenvalue weighted by molar-refractivity contribution is 0.674. The Bertz CT molecular complexity index is 3520. The summed E-state index contributed by atoms with van der Waals surface area (Å²) < 4.78 is 9.17. The number of benzene rings is 10. The standard InChI is InChI=1S/C58H38N2O/c1-2-13-39(14-3-1)40-27-32-45(33-28-40)59(47-18-11-17-44(38-47)50-23-12-24-53-54-36-31-42-15-4-5-20-49(42)57(54)61-58(50)53)46-34-29-41(30-35-46)43-16-10-19-48(37-43)60-55-25-8-6-21-51(55)52-22-7-9-26-56(52)60/h1-38H. The fraction of sp³-hybridized carbons (Fsp3) is 0. The third-order valence-corrected chi connectivity index (χ3v) is 12.2. The summed E-state index contributed by atoms with van der Waals surface area (Å²) in [4.78, 5) is 2.35. The van der Waals surface area contributed by atoms with Gasteiger partial charge in [-0.3, -0.25) is 0 Å². The number of hydrogen-bond donors (Lipinski definition) is 0. The molecule has 3 nitrogen and oxygen atoms in total. The molecular weight excluding hydrogens is 741 g/mol. The van der Waals surface area contributed by atoms with E-state index in [0.29, 0.717) is 0 Å². The number of para-hydroxylation sites is 3. The summed E-state index contributed by atoms with van der Waals surface area (Å²) in [6.07, 6.45) is 0. The first-order valence-corrected chi connectivity index (χ1v) is 20.8. The molecular formula is C58H38N2O. The van der Waals surface area contributed by atoms with Crippen LogP contribution in [0.3, 0.4) is 0 Å². The number of aromatic nitrogens is 1. The summed E-state index contributed by atoms with van der Waals surface area (Å²) in [5, 5.41) is 7.08. The molecule has 2 aromatic heterocycles. The van der Waals surface area contributed by atoms with Crippen LogP contribution < -0.4 is 4.90 Å². The summed E-state index contributed by atoms with van der Waals surface area (Å²) in [7, 11) is 0. The second kappa shape index (κ2) is 14.3. The quantitative estimate of drug-likeness (QED) is 0.161. The summed E-state index contributed by atoms with van der Waals surface area (Å²) >= 11 is 0. The van der Waals surface area contributed by atoms with Crippen molar-refractivity contribution < 1.29 is 4.42 Å². The molecule has 0 aliphatic carbocycles. The lowest BCUT2D eigenvalue weighted by Gasteiger charge is -2.26. The minimum atomic E-state index is 0.900. The van der Waals surface area contributed by atoms with Crippen molar-refractivity contribution in [2.75, 3.05) is 4.90 Å². The molecule has 0 fully saturated rings. The molecule has 0 saturated heterocycles. The molecule has 0 aliphatic heterocycles. The van der Waals surface area contributed by atoms with Crippen molar-refractivity contribution in [3.05, 3.63) is 231 Å². The van der Waals surface area contributed by atoms with E-state index in [1.807, 2.05) is 0 Å². The number of hydrogen-bond acceptors (Lipinski definition) is 2. The van der Waals surface area contributed by atoms with Crippen LogP contribution in [0.4, 0.5) is 17.1 Å². The molecule has 2 heterocycles. The van der Waals surface area contributed by atoms with Gasteiger partial charge in [0, 0.05) is 55.2 Å². The lowest BCUT2D eigenvalue weighted by atomic mass is 10.00. The van der Waals surface area contributed by atoms with Crippen molar-refractivity contribution in [2.45, 2.75) is 0 Å². The summed E-state index contributed by atoms with van der Waals surface area (Å²) in [6.45, 7) is 0. The van der Waals surface area contributed by atoms with Crippen LogP contribution in [0.5, 0.6) is 0 Å². The van der Waals surface area contributed by atoms with E-state index in [9.17, 15) is 0 Å². The van der Waals surface area contributed by atoms with Gasteiger partial charge < -0.3 is 13.9 Å². The van der Waals surface area contributed by atoms with E-state index in [1.54, 1.807) is 0 Å². The second-order valence-corrected chi connectivity index (χ2v) is 15.7. The van der Waals surface area contributed by atoms with E-state index in [1.165, 1.54) is 43.9 Å². The van der Waals surface area contributed by atoms with Crippen LogP contribution in [-0.2, 0) is 0 Å². The van der Waals surface area contributed by atoms with Crippen LogP contribution in [0.25, 0.3) is 93.6 Å². The first-order valence-electron chi connectivity index (χ1n) is 20.8. The third kappa shape index (κ3) is 5.90. The topological polar surface area (TPSA) is 21.3 Å². The van der Waals surface area contributed by atoms with Gasteiger partial charge in [0.25, 0.3) is 0 Å². The molecule has 0 atom stereocenters. The summed E-state index contributed by atoms with van der Waals surface area (Å²) in [5.41, 5.74) is 15.4. The molecule has 12 aromatic rings. The molecule has 10 aromatic carbocycles. The van der Waals surface area contributed by atoms with Crippen LogP contribution in [-0.4, -0.2) is 4.57 Å². The first kappa shape index (κ1) is 34.9. The van der Waals surface area contributed by atoms with Crippen LogP contribution in [0.15, 0.2) is 235 Å². The van der Waals surface area contributed by atoms with Gasteiger partial charge in [-0.2, -0.15) is 0 Å². The van der Waals surface area contributed by atoms with Crippen molar-refractivity contribution in [1.29, 1.82) is 0 Å². The van der Waals surface area contributed by atoms with Crippen molar-refractivity contribution in [2.24, 2.45) is 0 Å². The van der Waals surface area contributed by atoms with E-state index in [4.69, 9.17) is 4.42 Å². The molecule has 12 rings (SSSR count). The van der Waals surface area contributed by atoms with Gasteiger partial charge in [0.2, 0.25) is 0 Å². The van der Waals surface area contributed by atoms with Crippen LogP contribution >= 0.6 is 0 Å². The number of nitrogens with zero attached hydrogens (tertiary/aromatic N) is 2. The molecule has 0 amide bonds. The Morgan fingerprint density at radius 2 is 0.852 bits per heavy atom. The predicted molar refractivity (Wildman–Crippen MR) is 257 cm³/mol. The largest absolute Gasteiger partial charge is 0.455 e. The van der Waals surface area contributed by atoms with E-state index in [-0.39, 0.29) is 0 Å². The Morgan fingerprint density at radius 3 is 1.59 bits per heavy atom. The average molecular weight is 779 g/mol. The molecule has 0 N–H and O–H groups in total. The molecule has 0 spiro atoms. The highest BCUT2D eigenvalue weighted by Gasteiger charge is 2.18. The Labute approximate surface area is 353 Å². The molecule has 0 aliphatic rings. The summed E-state index contributed by atoms with van der Waals surface area (Å²) in [5.74, 6) is 0. The molecule has 0 radical (unpaired) electrons. The number of anilines is 3. The van der Waals surface area contributed by atoms with Gasteiger partial charge in [-0.15, -0.1) is 0 Å². The number of furan rings is 1. The fourth-order valence-corrected chi connectivity index (χ4v) is 9.28. The van der Waals surface area contributed by atoms with E-state index in [2.05, 4.69) is 240 Å². The zero-order valence-electron chi connectivity index (χ0n) is 33.2. The zero-order valence-corrected chi connectivity index (χ0v) is 33.2. The maximum absolute atomic E-state index is 6.79. The minimum absolute atomic E-state index is 0.900. The summed E-state index contributed by atoms with van der Waals surface area (Å²) in [6, 6.07) is 82.8. The molecule has 0 unspecified atom stereocenters. The Balaban J connectivity index is 0.958. The van der Waals surface area contributed by atoms with Crippen LogP contribution in [0.2, 0.25) is 0 Å². The number of rotatable bonds is 7. The Morgan fingerprint density at radius 1 is 0.311 bits per heavy atom. The minimum Gasteiger partial charge on any atom is -0.455 e. The Hall–Kier alpha value is -8.14. The maximum Gasteiger partial charge on any atom is 0.143 e. The fourth-order valence-electron chi connectivity index (χ4n) is 9.28. The average Bonchev–Trinajstić information content (AvgIpc) is 3.89. The normalized spacial score (nSPS) is 11.6. The van der Waals surface area contributed by atoms with Gasteiger partial charge in [-0.25, -0.2) is 0 Å². The smallest absolute Gasteiger partial charge is 0.143 e. The van der Waals surface area contributed by atoms with Crippen LogP contribution in [0.1, 0.15) is 0 Å². The predicted octanol–water partition coefficient (Wildman–Crippen LogP) is 16.3. The van der Waals surface area contributed by atoms with Gasteiger partial charge in [-0.05, 0) is 99.9 Å². The van der Waals surface area contributed by atoms with E-state index < -0.39 is 0 Å². The van der Waals surface area contributed by atoms with E-state index >= 15 is 0 Å². The highest BCUT2D eigenvalue weighted by Crippen LogP contribution is 2.42. The SMILES string of the molecule is c1ccc(-c2ccc(N(c3ccc(-c4cccc(-n5c6ccccc6c6ccccc65)c4)cc3)c3cccc(-c4cccc5c4oc4c6ccccc6ccc54)c3)cc2)cc1. The van der Waals surface area contributed by atoms with Gasteiger partial charge in [0.15, 0.2) is 0 Å². The highest BCUT2D eigenvalue weighted by molar-refractivity contribution is 6.17. The van der Waals surface area contributed by atoms with Gasteiger partial charge in [-0.1, -0.05) is 164 Å². The number of fused-ring (bicyclic) bond motifs is 8. The van der Waals surface area contributed by atoms with Crippen LogP contribution in [0, 0.1) is 0 Å².